The summed E-state index contributed by atoms with van der Waals surface area (Å²) in [5.74, 6) is -0.260. The molecular weight excluding hydrogens is 418 g/mol. The van der Waals surface area contributed by atoms with Gasteiger partial charge in [0.1, 0.15) is 5.69 Å². The first-order valence-electron chi connectivity index (χ1n) is 10.3. The van der Waals surface area contributed by atoms with Gasteiger partial charge in [-0.15, -0.1) is 0 Å². The molecule has 0 bridgehead atoms. The van der Waals surface area contributed by atoms with Crippen LogP contribution in [0.1, 0.15) is 15.9 Å². The number of carbonyl (C=O) groups excluding carboxylic acids is 2. The van der Waals surface area contributed by atoms with Gasteiger partial charge >= 0.3 is 0 Å². The molecule has 0 radical (unpaired) electrons. The second kappa shape index (κ2) is 8.80. The van der Waals surface area contributed by atoms with Crippen molar-refractivity contribution in [3.8, 4) is 17.1 Å². The standard InChI is InChI=1S/C25H19N5O3/c31-24(13-17-15-26-30(16-17)18-7-2-1-3-8-18)28-29-25(32)20-14-22(23-11-6-12-33-23)27-21-10-5-4-9-19(20)21/h1-12,14-16H,13H2,(H,28,31)(H,29,32). The molecule has 8 nitrogen and oxygen atoms in total. The van der Waals surface area contributed by atoms with Gasteiger partial charge in [-0.2, -0.15) is 5.10 Å². The first-order valence-corrected chi connectivity index (χ1v) is 10.3. The summed E-state index contributed by atoms with van der Waals surface area (Å²) < 4.78 is 7.12. The van der Waals surface area contributed by atoms with E-state index in [-0.39, 0.29) is 12.3 Å². The molecule has 0 aliphatic rings. The van der Waals surface area contributed by atoms with Crippen molar-refractivity contribution >= 4 is 22.7 Å². The normalized spacial score (nSPS) is 10.8. The van der Waals surface area contributed by atoms with Gasteiger partial charge in [-0.25, -0.2) is 9.67 Å². The third kappa shape index (κ3) is 4.35. The lowest BCUT2D eigenvalue weighted by Crippen LogP contribution is -2.42. The number of hydrogen-bond donors (Lipinski definition) is 2. The summed E-state index contributed by atoms with van der Waals surface area (Å²) in [6.45, 7) is 0. The van der Waals surface area contributed by atoms with Crippen LogP contribution < -0.4 is 10.9 Å². The molecule has 8 heteroatoms. The van der Waals surface area contributed by atoms with Crippen LogP contribution in [0.15, 0.2) is 95.9 Å². The molecule has 162 valence electrons. The number of hydrogen-bond acceptors (Lipinski definition) is 5. The topological polar surface area (TPSA) is 102 Å². The van der Waals surface area contributed by atoms with Gasteiger partial charge in [0.2, 0.25) is 5.91 Å². The number of nitrogens with one attached hydrogen (secondary N) is 2. The third-order valence-corrected chi connectivity index (χ3v) is 5.07. The quantitative estimate of drug-likeness (QED) is 0.409. The molecule has 5 rings (SSSR count). The fourth-order valence-corrected chi connectivity index (χ4v) is 3.51. The predicted molar refractivity (Wildman–Crippen MR) is 122 cm³/mol. The van der Waals surface area contributed by atoms with Crippen molar-refractivity contribution in [2.75, 3.05) is 0 Å². The van der Waals surface area contributed by atoms with Crippen LogP contribution >= 0.6 is 0 Å². The number of rotatable bonds is 5. The van der Waals surface area contributed by atoms with Crippen LogP contribution in [0, 0.1) is 0 Å². The number of amides is 2. The molecule has 0 aliphatic heterocycles. The molecule has 3 aromatic heterocycles. The van der Waals surface area contributed by atoms with Gasteiger partial charge < -0.3 is 4.42 Å². The second-order valence-corrected chi connectivity index (χ2v) is 7.36. The Kier molecular flexibility index (Phi) is 5.38. The van der Waals surface area contributed by atoms with Crippen molar-refractivity contribution in [3.05, 3.63) is 103 Å². The molecule has 0 spiro atoms. The van der Waals surface area contributed by atoms with Gasteiger partial charge in [-0.1, -0.05) is 36.4 Å². The molecule has 0 aliphatic carbocycles. The summed E-state index contributed by atoms with van der Waals surface area (Å²) in [4.78, 5) is 29.9. The number of hydrazine groups is 1. The van der Waals surface area contributed by atoms with Crippen LogP contribution in [0.2, 0.25) is 0 Å². The number of aromatic nitrogens is 3. The van der Waals surface area contributed by atoms with Crippen molar-refractivity contribution in [3.63, 3.8) is 0 Å². The molecule has 0 atom stereocenters. The lowest BCUT2D eigenvalue weighted by atomic mass is 10.1. The summed E-state index contributed by atoms with van der Waals surface area (Å²) in [5, 5.41) is 4.95. The second-order valence-electron chi connectivity index (χ2n) is 7.36. The van der Waals surface area contributed by atoms with E-state index in [0.717, 1.165) is 11.3 Å². The van der Waals surface area contributed by atoms with Crippen molar-refractivity contribution in [2.45, 2.75) is 6.42 Å². The first kappa shape index (κ1) is 20.2. The highest BCUT2D eigenvalue weighted by Gasteiger charge is 2.16. The molecule has 33 heavy (non-hydrogen) atoms. The number of para-hydroxylation sites is 2. The van der Waals surface area contributed by atoms with E-state index in [9.17, 15) is 9.59 Å². The molecule has 2 aromatic carbocycles. The van der Waals surface area contributed by atoms with E-state index in [1.54, 1.807) is 41.5 Å². The van der Waals surface area contributed by atoms with E-state index in [0.29, 0.717) is 27.9 Å². The molecule has 0 saturated heterocycles. The number of pyridine rings is 1. The predicted octanol–water partition coefficient (Wildman–Crippen LogP) is 3.68. The Morgan fingerprint density at radius 3 is 2.58 bits per heavy atom. The van der Waals surface area contributed by atoms with Gasteiger partial charge in [0.05, 0.1) is 35.6 Å². The SMILES string of the molecule is O=C(Cc1cnn(-c2ccccc2)c1)NNC(=O)c1cc(-c2ccco2)nc2ccccc12. The van der Waals surface area contributed by atoms with Crippen LogP contribution in [0.4, 0.5) is 0 Å². The molecule has 2 N–H and O–H groups in total. The van der Waals surface area contributed by atoms with Crippen molar-refractivity contribution < 1.29 is 14.0 Å². The number of furan rings is 1. The lowest BCUT2D eigenvalue weighted by molar-refractivity contribution is -0.121. The zero-order chi connectivity index (χ0) is 22.6. The fraction of sp³-hybridized carbons (Fsp3) is 0.0400. The Balaban J connectivity index is 1.29. The van der Waals surface area contributed by atoms with Crippen LogP contribution in [-0.2, 0) is 11.2 Å². The Morgan fingerprint density at radius 1 is 0.939 bits per heavy atom. The van der Waals surface area contributed by atoms with Crippen molar-refractivity contribution in [1.82, 2.24) is 25.6 Å². The van der Waals surface area contributed by atoms with E-state index >= 15 is 0 Å². The summed E-state index contributed by atoms with van der Waals surface area (Å²) in [7, 11) is 0. The maximum absolute atomic E-state index is 12.9. The Hall–Kier alpha value is -4.72. The van der Waals surface area contributed by atoms with Crippen LogP contribution in [0.25, 0.3) is 28.0 Å². The zero-order valence-corrected chi connectivity index (χ0v) is 17.4. The van der Waals surface area contributed by atoms with Gasteiger partial charge in [-0.05, 0) is 42.0 Å². The average Bonchev–Trinajstić information content (AvgIpc) is 3.55. The Bertz CT molecular complexity index is 1430. The average molecular weight is 437 g/mol. The van der Waals surface area contributed by atoms with Crippen LogP contribution in [-0.4, -0.2) is 26.6 Å². The van der Waals surface area contributed by atoms with Crippen molar-refractivity contribution in [1.29, 1.82) is 0 Å². The molecule has 3 heterocycles. The summed E-state index contributed by atoms with van der Waals surface area (Å²) in [6, 6.07) is 22.1. The van der Waals surface area contributed by atoms with E-state index < -0.39 is 5.91 Å². The minimum Gasteiger partial charge on any atom is -0.463 e. The molecule has 5 aromatic rings. The largest absolute Gasteiger partial charge is 0.463 e. The number of fused-ring (bicyclic) bond motifs is 1. The molecule has 0 saturated carbocycles. The number of benzene rings is 2. The third-order valence-electron chi connectivity index (χ3n) is 5.07. The van der Waals surface area contributed by atoms with E-state index in [1.165, 1.54) is 0 Å². The number of carbonyl (C=O) groups is 2. The minimum atomic E-state index is -0.449. The molecular formula is C25H19N5O3. The molecule has 2 amide bonds. The van der Waals surface area contributed by atoms with Gasteiger partial charge in [-0.3, -0.25) is 20.4 Å². The van der Waals surface area contributed by atoms with Gasteiger partial charge in [0, 0.05) is 11.6 Å². The number of nitrogens with zero attached hydrogens (tertiary/aromatic N) is 3. The summed E-state index contributed by atoms with van der Waals surface area (Å²) in [5.41, 5.74) is 8.16. The first-order chi connectivity index (χ1) is 16.2. The maximum atomic E-state index is 12.9. The van der Waals surface area contributed by atoms with E-state index in [4.69, 9.17) is 4.42 Å². The van der Waals surface area contributed by atoms with Gasteiger partial charge in [0.15, 0.2) is 5.76 Å². The minimum absolute atomic E-state index is 0.0713. The molecule has 0 unspecified atom stereocenters. The smallest absolute Gasteiger partial charge is 0.270 e. The van der Waals surface area contributed by atoms with Gasteiger partial charge in [0.25, 0.3) is 5.91 Å². The summed E-state index contributed by atoms with van der Waals surface area (Å²) in [6.07, 6.45) is 5.02. The monoisotopic (exact) mass is 437 g/mol. The lowest BCUT2D eigenvalue weighted by Gasteiger charge is -2.10. The van der Waals surface area contributed by atoms with Crippen molar-refractivity contribution in [2.24, 2.45) is 0 Å². The van der Waals surface area contributed by atoms with E-state index in [1.807, 2.05) is 54.6 Å². The highest BCUT2D eigenvalue weighted by atomic mass is 16.3. The highest BCUT2D eigenvalue weighted by molar-refractivity contribution is 6.07. The fourth-order valence-electron chi connectivity index (χ4n) is 3.51. The Morgan fingerprint density at radius 2 is 1.76 bits per heavy atom. The Labute approximate surface area is 188 Å². The van der Waals surface area contributed by atoms with Crippen LogP contribution in [0.5, 0.6) is 0 Å². The zero-order valence-electron chi connectivity index (χ0n) is 17.4. The van der Waals surface area contributed by atoms with Crippen LogP contribution in [0.3, 0.4) is 0 Å². The maximum Gasteiger partial charge on any atom is 0.270 e. The van der Waals surface area contributed by atoms with E-state index in [2.05, 4.69) is 20.9 Å². The highest BCUT2D eigenvalue weighted by Crippen LogP contribution is 2.25. The summed E-state index contributed by atoms with van der Waals surface area (Å²) >= 11 is 0. The molecule has 0 fully saturated rings.